The summed E-state index contributed by atoms with van der Waals surface area (Å²) in [6.07, 6.45) is 3.02. The summed E-state index contributed by atoms with van der Waals surface area (Å²) < 4.78 is 27.9. The van der Waals surface area contributed by atoms with Gasteiger partial charge in [-0.25, -0.2) is 0 Å². The van der Waals surface area contributed by atoms with Crippen molar-refractivity contribution in [1.29, 1.82) is 0 Å². The average molecular weight is 282 g/mol. The largest absolute Gasteiger partial charge is 0.279 e. The fraction of sp³-hybridized carbons (Fsp3) is 0.571. The Labute approximate surface area is 116 Å². The Morgan fingerprint density at radius 1 is 1.16 bits per heavy atom. The molecule has 19 heavy (non-hydrogen) atoms. The third-order valence-corrected chi connectivity index (χ3v) is 5.36. The van der Waals surface area contributed by atoms with E-state index in [1.807, 2.05) is 0 Å². The van der Waals surface area contributed by atoms with Crippen LogP contribution in [0.5, 0.6) is 0 Å². The summed E-state index contributed by atoms with van der Waals surface area (Å²) in [6, 6.07) is 8.41. The SMILES string of the molecule is Cc1ccc([C@H]2CCC[C@H]2NS(=O)(=O)N(C)C)cc1. The van der Waals surface area contributed by atoms with Crippen LogP contribution in [0.25, 0.3) is 0 Å². The quantitative estimate of drug-likeness (QED) is 0.918. The van der Waals surface area contributed by atoms with Crippen LogP contribution in [0.4, 0.5) is 0 Å². The van der Waals surface area contributed by atoms with E-state index >= 15 is 0 Å². The number of benzene rings is 1. The van der Waals surface area contributed by atoms with Crippen LogP contribution >= 0.6 is 0 Å². The molecule has 1 saturated carbocycles. The normalized spacial score (nSPS) is 24.0. The van der Waals surface area contributed by atoms with E-state index in [1.54, 1.807) is 14.1 Å². The molecule has 106 valence electrons. The monoisotopic (exact) mass is 282 g/mol. The Kier molecular flexibility index (Phi) is 4.28. The Hall–Kier alpha value is -0.910. The molecular formula is C14H22N2O2S. The topological polar surface area (TPSA) is 49.4 Å². The van der Waals surface area contributed by atoms with E-state index in [9.17, 15) is 8.42 Å². The van der Waals surface area contributed by atoms with Gasteiger partial charge in [-0.05, 0) is 25.3 Å². The zero-order valence-electron chi connectivity index (χ0n) is 11.8. The van der Waals surface area contributed by atoms with Crippen molar-refractivity contribution in [2.75, 3.05) is 14.1 Å². The van der Waals surface area contributed by atoms with Crippen LogP contribution in [0.2, 0.25) is 0 Å². The van der Waals surface area contributed by atoms with Gasteiger partial charge >= 0.3 is 0 Å². The molecule has 0 saturated heterocycles. The molecule has 0 amide bonds. The average Bonchev–Trinajstić information content (AvgIpc) is 2.77. The minimum Gasteiger partial charge on any atom is -0.198 e. The molecule has 5 heteroatoms. The molecule has 2 atom stereocenters. The van der Waals surface area contributed by atoms with Crippen LogP contribution in [0.1, 0.15) is 36.3 Å². The van der Waals surface area contributed by atoms with Gasteiger partial charge in [0.1, 0.15) is 0 Å². The van der Waals surface area contributed by atoms with Crippen LogP contribution < -0.4 is 4.72 Å². The summed E-state index contributed by atoms with van der Waals surface area (Å²) in [5.74, 6) is 0.287. The van der Waals surface area contributed by atoms with Gasteiger partial charge in [0.05, 0.1) is 0 Å². The van der Waals surface area contributed by atoms with Gasteiger partial charge in [0.15, 0.2) is 0 Å². The minimum atomic E-state index is -3.35. The van der Waals surface area contributed by atoms with Crippen LogP contribution in [0.3, 0.4) is 0 Å². The summed E-state index contributed by atoms with van der Waals surface area (Å²) in [4.78, 5) is 0. The number of rotatable bonds is 4. The first-order valence-electron chi connectivity index (χ1n) is 6.66. The lowest BCUT2D eigenvalue weighted by atomic mass is 9.94. The van der Waals surface area contributed by atoms with E-state index < -0.39 is 10.2 Å². The number of aryl methyl sites for hydroxylation is 1. The third kappa shape index (κ3) is 3.35. The molecule has 0 bridgehead atoms. The summed E-state index contributed by atoms with van der Waals surface area (Å²) in [5, 5.41) is 0. The van der Waals surface area contributed by atoms with Gasteiger partial charge in [-0.2, -0.15) is 17.4 Å². The first kappa shape index (κ1) is 14.5. The highest BCUT2D eigenvalue weighted by Crippen LogP contribution is 2.35. The van der Waals surface area contributed by atoms with Gasteiger partial charge < -0.3 is 0 Å². The van der Waals surface area contributed by atoms with Crippen molar-refractivity contribution in [3.05, 3.63) is 35.4 Å². The molecule has 0 unspecified atom stereocenters. The van der Waals surface area contributed by atoms with Crippen molar-refractivity contribution in [3.63, 3.8) is 0 Å². The molecule has 1 aromatic carbocycles. The zero-order valence-corrected chi connectivity index (χ0v) is 12.6. The minimum absolute atomic E-state index is 0.00936. The number of hydrogen-bond donors (Lipinski definition) is 1. The van der Waals surface area contributed by atoms with Crippen molar-refractivity contribution >= 4 is 10.2 Å². The smallest absolute Gasteiger partial charge is 0.198 e. The van der Waals surface area contributed by atoms with E-state index in [1.165, 1.54) is 15.4 Å². The summed E-state index contributed by atoms with van der Waals surface area (Å²) in [6.45, 7) is 2.06. The van der Waals surface area contributed by atoms with E-state index in [4.69, 9.17) is 0 Å². The Morgan fingerprint density at radius 3 is 2.37 bits per heavy atom. The highest BCUT2D eigenvalue weighted by molar-refractivity contribution is 7.87. The van der Waals surface area contributed by atoms with Gasteiger partial charge in [-0.3, -0.25) is 0 Å². The second-order valence-electron chi connectivity index (χ2n) is 5.46. The molecule has 0 radical (unpaired) electrons. The lowest BCUT2D eigenvalue weighted by Gasteiger charge is -2.23. The molecule has 1 aliphatic rings. The Morgan fingerprint density at radius 2 is 1.79 bits per heavy atom. The first-order valence-corrected chi connectivity index (χ1v) is 8.10. The summed E-state index contributed by atoms with van der Waals surface area (Å²) in [5.41, 5.74) is 2.46. The van der Waals surface area contributed by atoms with Crippen molar-refractivity contribution in [2.24, 2.45) is 0 Å². The standard InChI is InChI=1S/C14H22N2O2S/c1-11-7-9-12(10-8-11)13-5-4-6-14(13)15-19(17,18)16(2)3/h7-10,13-15H,4-6H2,1-3H3/t13-,14-/m1/s1. The summed E-state index contributed by atoms with van der Waals surface area (Å²) >= 11 is 0. The highest BCUT2D eigenvalue weighted by Gasteiger charge is 2.32. The molecule has 0 aliphatic heterocycles. The molecule has 4 nitrogen and oxygen atoms in total. The van der Waals surface area contributed by atoms with E-state index in [2.05, 4.69) is 35.9 Å². The van der Waals surface area contributed by atoms with Crippen molar-refractivity contribution < 1.29 is 8.42 Å². The van der Waals surface area contributed by atoms with Crippen molar-refractivity contribution in [1.82, 2.24) is 9.03 Å². The fourth-order valence-electron chi connectivity index (χ4n) is 2.61. The first-order chi connectivity index (χ1) is 8.90. The maximum absolute atomic E-state index is 11.9. The second kappa shape index (κ2) is 5.61. The second-order valence-corrected chi connectivity index (χ2v) is 7.38. The molecule has 0 aromatic heterocycles. The fourth-order valence-corrected chi connectivity index (χ4v) is 3.49. The lowest BCUT2D eigenvalue weighted by Crippen LogP contribution is -2.43. The van der Waals surface area contributed by atoms with Gasteiger partial charge in [0.25, 0.3) is 10.2 Å². The van der Waals surface area contributed by atoms with E-state index in [0.29, 0.717) is 0 Å². The molecule has 1 N–H and O–H groups in total. The molecule has 2 rings (SSSR count). The molecule has 0 heterocycles. The molecule has 1 aliphatic carbocycles. The van der Waals surface area contributed by atoms with Crippen LogP contribution in [0.15, 0.2) is 24.3 Å². The van der Waals surface area contributed by atoms with Crippen molar-refractivity contribution in [3.8, 4) is 0 Å². The molecular weight excluding hydrogens is 260 g/mol. The van der Waals surface area contributed by atoms with Crippen LogP contribution in [0, 0.1) is 6.92 Å². The lowest BCUT2D eigenvalue weighted by molar-refractivity contribution is 0.474. The van der Waals surface area contributed by atoms with E-state index in [0.717, 1.165) is 19.3 Å². The summed E-state index contributed by atoms with van der Waals surface area (Å²) in [7, 11) is -0.240. The maximum atomic E-state index is 11.9. The van der Waals surface area contributed by atoms with Gasteiger partial charge in [-0.15, -0.1) is 0 Å². The zero-order chi connectivity index (χ0) is 14.0. The van der Waals surface area contributed by atoms with Gasteiger partial charge in [-0.1, -0.05) is 36.2 Å². The van der Waals surface area contributed by atoms with Gasteiger partial charge in [0.2, 0.25) is 0 Å². The van der Waals surface area contributed by atoms with Crippen molar-refractivity contribution in [2.45, 2.75) is 38.1 Å². The highest BCUT2D eigenvalue weighted by atomic mass is 32.2. The number of hydrogen-bond acceptors (Lipinski definition) is 2. The predicted octanol–water partition coefficient (Wildman–Crippen LogP) is 2.03. The predicted molar refractivity (Wildman–Crippen MR) is 77.3 cm³/mol. The Bertz CT molecular complexity index is 523. The maximum Gasteiger partial charge on any atom is 0.279 e. The molecule has 0 spiro atoms. The van der Waals surface area contributed by atoms with Crippen LogP contribution in [-0.4, -0.2) is 32.9 Å². The third-order valence-electron chi connectivity index (χ3n) is 3.80. The number of nitrogens with one attached hydrogen (secondary N) is 1. The number of nitrogens with zero attached hydrogens (tertiary/aromatic N) is 1. The van der Waals surface area contributed by atoms with E-state index in [-0.39, 0.29) is 12.0 Å². The van der Waals surface area contributed by atoms with Crippen LogP contribution in [-0.2, 0) is 10.2 Å². The Balaban J connectivity index is 2.15. The van der Waals surface area contributed by atoms with Gasteiger partial charge in [0, 0.05) is 26.1 Å². The molecule has 1 aromatic rings. The molecule has 1 fully saturated rings.